The number of amides is 1. The Kier molecular flexibility index (Phi) is 5.18. The molecule has 0 unspecified atom stereocenters. The molecule has 0 bridgehead atoms. The summed E-state index contributed by atoms with van der Waals surface area (Å²) < 4.78 is 1.86. The van der Waals surface area contributed by atoms with Crippen molar-refractivity contribution in [3.8, 4) is 0 Å². The second-order valence-electron chi connectivity index (χ2n) is 7.19. The van der Waals surface area contributed by atoms with Crippen LogP contribution in [0.25, 0.3) is 11.2 Å². The largest absolute Gasteiger partial charge is 0.357 e. The summed E-state index contributed by atoms with van der Waals surface area (Å²) in [7, 11) is 0. The summed E-state index contributed by atoms with van der Waals surface area (Å²) in [5, 5.41) is 3.13. The van der Waals surface area contributed by atoms with E-state index in [0.29, 0.717) is 17.4 Å². The molecule has 1 aliphatic heterocycles. The summed E-state index contributed by atoms with van der Waals surface area (Å²) in [4.78, 5) is 32.2. The Morgan fingerprint density at radius 3 is 2.75 bits per heavy atom. The summed E-state index contributed by atoms with van der Waals surface area (Å²) in [6.45, 7) is 6.64. The van der Waals surface area contributed by atoms with Gasteiger partial charge in [-0.3, -0.25) is 9.78 Å². The summed E-state index contributed by atoms with van der Waals surface area (Å²) >= 11 is 0. The Bertz CT molecular complexity index is 962. The first kappa shape index (κ1) is 18.3. The number of anilines is 1. The van der Waals surface area contributed by atoms with E-state index in [0.717, 1.165) is 43.8 Å². The molecule has 8 heteroatoms. The quantitative estimate of drug-likeness (QED) is 0.732. The second kappa shape index (κ2) is 7.92. The molecule has 1 atom stereocenters. The third-order valence-electron chi connectivity index (χ3n) is 5.51. The zero-order chi connectivity index (χ0) is 19.5. The second-order valence-corrected chi connectivity index (χ2v) is 7.19. The average Bonchev–Trinajstić information content (AvgIpc) is 3.22. The van der Waals surface area contributed by atoms with Gasteiger partial charge in [0.05, 0.1) is 0 Å². The SMILES string of the molecule is CCn1ccnc1C(=O)N[C@H](C)C1CCN(c2ccc3nccnc3n2)CC1. The highest BCUT2D eigenvalue weighted by atomic mass is 16.2. The summed E-state index contributed by atoms with van der Waals surface area (Å²) in [5.74, 6) is 1.75. The molecule has 8 nitrogen and oxygen atoms in total. The third kappa shape index (κ3) is 3.67. The number of aryl methyl sites for hydroxylation is 1. The number of nitrogens with zero attached hydrogens (tertiary/aromatic N) is 6. The molecular weight excluding hydrogens is 354 g/mol. The van der Waals surface area contributed by atoms with Gasteiger partial charge in [-0.05, 0) is 44.7 Å². The fourth-order valence-corrected chi connectivity index (χ4v) is 3.81. The highest BCUT2D eigenvalue weighted by molar-refractivity contribution is 5.91. The number of fused-ring (bicyclic) bond motifs is 1. The molecule has 1 fully saturated rings. The van der Waals surface area contributed by atoms with Crippen molar-refractivity contribution in [1.29, 1.82) is 0 Å². The van der Waals surface area contributed by atoms with E-state index in [4.69, 9.17) is 0 Å². The van der Waals surface area contributed by atoms with Crippen LogP contribution in [0.15, 0.2) is 36.9 Å². The maximum atomic E-state index is 12.5. The van der Waals surface area contributed by atoms with E-state index < -0.39 is 0 Å². The number of aromatic nitrogens is 5. The van der Waals surface area contributed by atoms with Crippen LogP contribution in [0.3, 0.4) is 0 Å². The minimum atomic E-state index is -0.100. The van der Waals surface area contributed by atoms with Crippen LogP contribution in [0, 0.1) is 5.92 Å². The van der Waals surface area contributed by atoms with Gasteiger partial charge in [-0.1, -0.05) is 0 Å². The van der Waals surface area contributed by atoms with E-state index in [1.807, 2.05) is 29.8 Å². The van der Waals surface area contributed by atoms with E-state index in [1.165, 1.54) is 0 Å². The first-order valence-corrected chi connectivity index (χ1v) is 9.80. The molecule has 1 N–H and O–H groups in total. The molecule has 0 saturated carbocycles. The van der Waals surface area contributed by atoms with Crippen LogP contribution < -0.4 is 10.2 Å². The molecule has 0 aromatic carbocycles. The van der Waals surface area contributed by atoms with Gasteiger partial charge < -0.3 is 14.8 Å². The van der Waals surface area contributed by atoms with E-state index in [9.17, 15) is 4.79 Å². The van der Waals surface area contributed by atoms with Gasteiger partial charge in [0.15, 0.2) is 11.5 Å². The standard InChI is InChI=1S/C20H25N7O/c1-3-26-13-10-23-19(26)20(28)24-14(2)15-6-11-27(12-7-15)17-5-4-16-18(25-17)22-9-8-21-16/h4-5,8-10,13-15H,3,6-7,11-12H2,1-2H3,(H,24,28)/t14-/m1/s1. The maximum Gasteiger partial charge on any atom is 0.287 e. The zero-order valence-corrected chi connectivity index (χ0v) is 16.2. The number of nitrogens with one attached hydrogen (secondary N) is 1. The Hall–Kier alpha value is -3.03. The van der Waals surface area contributed by atoms with Crippen LogP contribution in [0.5, 0.6) is 0 Å². The van der Waals surface area contributed by atoms with Crippen molar-refractivity contribution >= 4 is 22.9 Å². The van der Waals surface area contributed by atoms with Crippen molar-refractivity contribution in [2.24, 2.45) is 5.92 Å². The number of imidazole rings is 1. The normalized spacial score (nSPS) is 16.3. The number of pyridine rings is 1. The fraction of sp³-hybridized carbons (Fsp3) is 0.450. The fourth-order valence-electron chi connectivity index (χ4n) is 3.81. The van der Waals surface area contributed by atoms with Gasteiger partial charge in [-0.25, -0.2) is 15.0 Å². The molecular formula is C20H25N7O. The molecule has 1 amide bonds. The van der Waals surface area contributed by atoms with Gasteiger partial charge in [0.25, 0.3) is 5.91 Å². The molecule has 4 heterocycles. The topological polar surface area (TPSA) is 88.8 Å². The molecule has 0 aliphatic carbocycles. The minimum absolute atomic E-state index is 0.100. The number of hydrogen-bond acceptors (Lipinski definition) is 6. The van der Waals surface area contributed by atoms with Crippen LogP contribution >= 0.6 is 0 Å². The van der Waals surface area contributed by atoms with Crippen molar-refractivity contribution < 1.29 is 4.79 Å². The lowest BCUT2D eigenvalue weighted by molar-refractivity contribution is 0.0907. The Balaban J connectivity index is 1.36. The lowest BCUT2D eigenvalue weighted by Gasteiger charge is -2.35. The van der Waals surface area contributed by atoms with Crippen molar-refractivity contribution in [3.05, 3.63) is 42.7 Å². The summed E-state index contributed by atoms with van der Waals surface area (Å²) in [6, 6.07) is 4.08. The van der Waals surface area contributed by atoms with Crippen LogP contribution in [0.1, 0.15) is 37.3 Å². The van der Waals surface area contributed by atoms with Crippen LogP contribution in [-0.4, -0.2) is 49.5 Å². The molecule has 1 saturated heterocycles. The van der Waals surface area contributed by atoms with Crippen LogP contribution in [0.4, 0.5) is 5.82 Å². The summed E-state index contributed by atoms with van der Waals surface area (Å²) in [6.07, 6.45) is 8.85. The molecule has 0 spiro atoms. The van der Waals surface area contributed by atoms with E-state index >= 15 is 0 Å². The molecule has 0 radical (unpaired) electrons. The van der Waals surface area contributed by atoms with Crippen molar-refractivity contribution in [1.82, 2.24) is 29.8 Å². The molecule has 146 valence electrons. The Morgan fingerprint density at radius 2 is 1.96 bits per heavy atom. The van der Waals surface area contributed by atoms with Crippen molar-refractivity contribution in [3.63, 3.8) is 0 Å². The van der Waals surface area contributed by atoms with Crippen molar-refractivity contribution in [2.75, 3.05) is 18.0 Å². The van der Waals surface area contributed by atoms with Crippen LogP contribution in [0.2, 0.25) is 0 Å². The smallest absolute Gasteiger partial charge is 0.287 e. The van der Waals surface area contributed by atoms with Crippen LogP contribution in [-0.2, 0) is 6.54 Å². The van der Waals surface area contributed by atoms with E-state index in [-0.39, 0.29) is 11.9 Å². The highest BCUT2D eigenvalue weighted by Crippen LogP contribution is 2.25. The third-order valence-corrected chi connectivity index (χ3v) is 5.51. The molecule has 3 aromatic rings. The Labute approximate surface area is 164 Å². The number of piperidine rings is 1. The molecule has 28 heavy (non-hydrogen) atoms. The average molecular weight is 379 g/mol. The number of rotatable bonds is 5. The first-order valence-electron chi connectivity index (χ1n) is 9.80. The van der Waals surface area contributed by atoms with Gasteiger partial charge in [0.2, 0.25) is 0 Å². The van der Waals surface area contributed by atoms with Gasteiger partial charge in [0.1, 0.15) is 11.3 Å². The monoisotopic (exact) mass is 379 g/mol. The van der Waals surface area contributed by atoms with E-state index in [2.05, 4.69) is 37.1 Å². The van der Waals surface area contributed by atoms with Gasteiger partial charge >= 0.3 is 0 Å². The van der Waals surface area contributed by atoms with Crippen molar-refractivity contribution in [2.45, 2.75) is 39.3 Å². The molecule has 3 aromatic heterocycles. The first-order chi connectivity index (χ1) is 13.7. The lowest BCUT2D eigenvalue weighted by Crippen LogP contribution is -2.44. The Morgan fingerprint density at radius 1 is 1.18 bits per heavy atom. The molecule has 1 aliphatic rings. The number of carbonyl (C=O) groups is 1. The van der Waals surface area contributed by atoms with Gasteiger partial charge in [-0.15, -0.1) is 0 Å². The van der Waals surface area contributed by atoms with E-state index in [1.54, 1.807) is 18.6 Å². The minimum Gasteiger partial charge on any atom is -0.357 e. The van der Waals surface area contributed by atoms with Gasteiger partial charge in [0, 0.05) is 50.5 Å². The molecule has 4 rings (SSSR count). The predicted molar refractivity (Wildman–Crippen MR) is 107 cm³/mol. The highest BCUT2D eigenvalue weighted by Gasteiger charge is 2.26. The maximum absolute atomic E-state index is 12.5. The number of hydrogen-bond donors (Lipinski definition) is 1. The van der Waals surface area contributed by atoms with Gasteiger partial charge in [-0.2, -0.15) is 0 Å². The predicted octanol–water partition coefficient (Wildman–Crippen LogP) is 2.28. The zero-order valence-electron chi connectivity index (χ0n) is 16.2. The lowest BCUT2D eigenvalue weighted by atomic mass is 9.90. The summed E-state index contributed by atoms with van der Waals surface area (Å²) in [5.41, 5.74) is 1.48. The number of carbonyl (C=O) groups excluding carboxylic acids is 1.